The Labute approximate surface area is 130 Å². The zero-order valence-electron chi connectivity index (χ0n) is 11.7. The summed E-state index contributed by atoms with van der Waals surface area (Å²) in [6.45, 7) is 2.25. The molecule has 0 spiro atoms. The number of nitrogens with two attached hydrogens (primary N) is 1. The average Bonchev–Trinajstić information content (AvgIpc) is 2.44. The first-order chi connectivity index (χ1) is 9.26. The summed E-state index contributed by atoms with van der Waals surface area (Å²) in [6.07, 6.45) is 7.79. The van der Waals surface area contributed by atoms with Gasteiger partial charge < -0.3 is 0 Å². The van der Waals surface area contributed by atoms with Crippen LogP contribution >= 0.6 is 27.7 Å². The fourth-order valence-corrected chi connectivity index (χ4v) is 3.19. The third kappa shape index (κ3) is 7.98. The van der Waals surface area contributed by atoms with Gasteiger partial charge in [0.05, 0.1) is 0 Å². The number of hydrazine groups is 1. The van der Waals surface area contributed by atoms with Gasteiger partial charge in [-0.05, 0) is 30.7 Å². The summed E-state index contributed by atoms with van der Waals surface area (Å²) in [6, 6.07) is 8.86. The van der Waals surface area contributed by atoms with E-state index in [1.807, 2.05) is 11.8 Å². The van der Waals surface area contributed by atoms with Crippen LogP contribution in [0.3, 0.4) is 0 Å². The number of hydrogen-bond donors (Lipinski definition) is 2. The fraction of sp³-hybridized carbons (Fsp3) is 0.600. The molecule has 0 aromatic heterocycles. The van der Waals surface area contributed by atoms with Crippen LogP contribution in [-0.2, 0) is 0 Å². The van der Waals surface area contributed by atoms with E-state index in [2.05, 4.69) is 52.5 Å². The Kier molecular flexibility index (Phi) is 9.61. The first-order valence-corrected chi connectivity index (χ1v) is 8.88. The van der Waals surface area contributed by atoms with Crippen LogP contribution < -0.4 is 11.3 Å². The standard InChI is InChI=1S/C15H25BrN2S/c1-2-3-4-5-6-7-14(18-17)12-19-15-10-8-13(16)9-11-15/h8-11,14,18H,2-7,12,17H2,1H3. The van der Waals surface area contributed by atoms with Crippen molar-refractivity contribution in [2.75, 3.05) is 5.75 Å². The quantitative estimate of drug-likeness (QED) is 0.279. The van der Waals surface area contributed by atoms with Crippen molar-refractivity contribution in [3.63, 3.8) is 0 Å². The Morgan fingerprint density at radius 3 is 2.47 bits per heavy atom. The van der Waals surface area contributed by atoms with Gasteiger partial charge >= 0.3 is 0 Å². The van der Waals surface area contributed by atoms with Crippen molar-refractivity contribution in [2.24, 2.45) is 5.84 Å². The van der Waals surface area contributed by atoms with Crippen LogP contribution in [-0.4, -0.2) is 11.8 Å². The monoisotopic (exact) mass is 344 g/mol. The first-order valence-electron chi connectivity index (χ1n) is 7.10. The number of hydrogen-bond acceptors (Lipinski definition) is 3. The molecular formula is C15H25BrN2S. The van der Waals surface area contributed by atoms with Crippen LogP contribution in [0.2, 0.25) is 0 Å². The van der Waals surface area contributed by atoms with Gasteiger partial charge in [-0.2, -0.15) is 0 Å². The van der Waals surface area contributed by atoms with E-state index in [9.17, 15) is 0 Å². The van der Waals surface area contributed by atoms with Crippen molar-refractivity contribution in [3.8, 4) is 0 Å². The second kappa shape index (κ2) is 10.7. The SMILES string of the molecule is CCCCCCCC(CSc1ccc(Br)cc1)NN. The molecule has 3 N–H and O–H groups in total. The van der Waals surface area contributed by atoms with Gasteiger partial charge in [0, 0.05) is 21.2 Å². The van der Waals surface area contributed by atoms with Crippen molar-refractivity contribution >= 4 is 27.7 Å². The Balaban J connectivity index is 2.19. The van der Waals surface area contributed by atoms with E-state index >= 15 is 0 Å². The predicted molar refractivity (Wildman–Crippen MR) is 89.4 cm³/mol. The van der Waals surface area contributed by atoms with Gasteiger partial charge in [0.15, 0.2) is 0 Å². The largest absolute Gasteiger partial charge is 0.271 e. The van der Waals surface area contributed by atoms with Crippen LogP contribution in [0.4, 0.5) is 0 Å². The molecule has 0 radical (unpaired) electrons. The van der Waals surface area contributed by atoms with E-state index in [4.69, 9.17) is 5.84 Å². The molecule has 0 saturated carbocycles. The summed E-state index contributed by atoms with van der Waals surface area (Å²) in [5.41, 5.74) is 2.94. The highest BCUT2D eigenvalue weighted by Gasteiger charge is 2.07. The molecule has 1 unspecified atom stereocenters. The van der Waals surface area contributed by atoms with E-state index in [1.165, 1.54) is 43.4 Å². The Hall–Kier alpha value is -0.0300. The number of nitrogens with one attached hydrogen (secondary N) is 1. The maximum absolute atomic E-state index is 5.63. The van der Waals surface area contributed by atoms with Crippen molar-refractivity contribution < 1.29 is 0 Å². The first kappa shape index (κ1) is 17.0. The van der Waals surface area contributed by atoms with Gasteiger partial charge in [0.1, 0.15) is 0 Å². The molecule has 1 aromatic carbocycles. The molecule has 0 aliphatic heterocycles. The topological polar surface area (TPSA) is 38.0 Å². The molecule has 1 rings (SSSR count). The second-order valence-corrected chi connectivity index (χ2v) is 6.84. The normalized spacial score (nSPS) is 12.6. The summed E-state index contributed by atoms with van der Waals surface area (Å²) >= 11 is 5.32. The third-order valence-electron chi connectivity index (χ3n) is 3.16. The van der Waals surface area contributed by atoms with Crippen LogP contribution in [0.15, 0.2) is 33.6 Å². The highest BCUT2D eigenvalue weighted by Crippen LogP contribution is 2.22. The summed E-state index contributed by atoms with van der Waals surface area (Å²) < 4.78 is 1.13. The minimum atomic E-state index is 0.412. The molecule has 0 aliphatic carbocycles. The van der Waals surface area contributed by atoms with Gasteiger partial charge in [-0.1, -0.05) is 55.0 Å². The summed E-state index contributed by atoms with van der Waals surface area (Å²) in [5.74, 6) is 6.66. The number of rotatable bonds is 10. The lowest BCUT2D eigenvalue weighted by molar-refractivity contribution is 0.497. The van der Waals surface area contributed by atoms with Crippen LogP contribution in [0.25, 0.3) is 0 Å². The highest BCUT2D eigenvalue weighted by molar-refractivity contribution is 9.10. The van der Waals surface area contributed by atoms with Gasteiger partial charge in [-0.25, -0.2) is 0 Å². The molecule has 0 heterocycles. The minimum absolute atomic E-state index is 0.412. The summed E-state index contributed by atoms with van der Waals surface area (Å²) in [7, 11) is 0. The maximum Gasteiger partial charge on any atom is 0.0304 e. The van der Waals surface area contributed by atoms with E-state index in [-0.39, 0.29) is 0 Å². The molecule has 0 saturated heterocycles. The summed E-state index contributed by atoms with van der Waals surface area (Å²) in [4.78, 5) is 1.30. The molecular weight excluding hydrogens is 320 g/mol. The zero-order valence-corrected chi connectivity index (χ0v) is 14.1. The number of halogens is 1. The summed E-state index contributed by atoms with van der Waals surface area (Å²) in [5, 5.41) is 0. The van der Waals surface area contributed by atoms with Crippen LogP contribution in [0.1, 0.15) is 45.4 Å². The van der Waals surface area contributed by atoms with Crippen molar-refractivity contribution in [1.29, 1.82) is 0 Å². The Morgan fingerprint density at radius 2 is 1.84 bits per heavy atom. The number of benzene rings is 1. The fourth-order valence-electron chi connectivity index (χ4n) is 1.94. The lowest BCUT2D eigenvalue weighted by atomic mass is 10.1. The predicted octanol–water partition coefficient (Wildman–Crippen LogP) is 4.73. The molecule has 0 fully saturated rings. The molecule has 108 valence electrons. The molecule has 0 amide bonds. The lowest BCUT2D eigenvalue weighted by Gasteiger charge is -2.15. The molecule has 1 aromatic rings. The smallest absolute Gasteiger partial charge is 0.0304 e. The molecule has 4 heteroatoms. The van der Waals surface area contributed by atoms with Crippen LogP contribution in [0.5, 0.6) is 0 Å². The second-order valence-electron chi connectivity index (χ2n) is 4.83. The highest BCUT2D eigenvalue weighted by atomic mass is 79.9. The van der Waals surface area contributed by atoms with E-state index < -0.39 is 0 Å². The molecule has 1 atom stereocenters. The van der Waals surface area contributed by atoms with Crippen molar-refractivity contribution in [1.82, 2.24) is 5.43 Å². The average molecular weight is 345 g/mol. The Bertz CT molecular complexity index is 329. The lowest BCUT2D eigenvalue weighted by Crippen LogP contribution is -2.36. The minimum Gasteiger partial charge on any atom is -0.271 e. The van der Waals surface area contributed by atoms with Crippen LogP contribution in [0, 0.1) is 0 Å². The van der Waals surface area contributed by atoms with E-state index in [0.29, 0.717) is 6.04 Å². The number of thioether (sulfide) groups is 1. The number of unbranched alkanes of at least 4 members (excludes halogenated alkanes) is 4. The van der Waals surface area contributed by atoms with Crippen molar-refractivity contribution in [3.05, 3.63) is 28.7 Å². The third-order valence-corrected chi connectivity index (χ3v) is 4.86. The Morgan fingerprint density at radius 1 is 1.16 bits per heavy atom. The van der Waals surface area contributed by atoms with Gasteiger partial charge in [-0.15, -0.1) is 11.8 Å². The van der Waals surface area contributed by atoms with E-state index in [0.717, 1.165) is 10.2 Å². The van der Waals surface area contributed by atoms with Crippen molar-refractivity contribution in [2.45, 2.75) is 56.4 Å². The zero-order chi connectivity index (χ0) is 13.9. The molecule has 0 bridgehead atoms. The van der Waals surface area contributed by atoms with Gasteiger partial charge in [0.2, 0.25) is 0 Å². The van der Waals surface area contributed by atoms with Gasteiger partial charge in [-0.3, -0.25) is 11.3 Å². The molecule has 2 nitrogen and oxygen atoms in total. The molecule has 0 aliphatic rings. The van der Waals surface area contributed by atoms with E-state index in [1.54, 1.807) is 0 Å². The maximum atomic E-state index is 5.63. The van der Waals surface area contributed by atoms with Gasteiger partial charge in [0.25, 0.3) is 0 Å². The molecule has 19 heavy (non-hydrogen) atoms.